The van der Waals surface area contributed by atoms with E-state index < -0.39 is 49.5 Å². The Bertz CT molecular complexity index is 1520. The Morgan fingerprint density at radius 2 is 1.81 bits per heavy atom. The number of nitrogens with two attached hydrogens (primary N) is 1. The predicted molar refractivity (Wildman–Crippen MR) is 170 cm³/mol. The number of hydrogen-bond acceptors (Lipinski definition) is 7. The van der Waals surface area contributed by atoms with Crippen LogP contribution in [-0.2, 0) is 16.6 Å². The molecule has 13 heteroatoms. The summed E-state index contributed by atoms with van der Waals surface area (Å²) in [6, 6.07) is 10.1. The van der Waals surface area contributed by atoms with Gasteiger partial charge in [-0.25, -0.2) is 17.2 Å². The zero-order valence-corrected chi connectivity index (χ0v) is 27.1. The second kappa shape index (κ2) is 14.7. The van der Waals surface area contributed by atoms with Crippen molar-refractivity contribution in [1.29, 1.82) is 0 Å². The van der Waals surface area contributed by atoms with Crippen LogP contribution in [0, 0.1) is 21.1 Å². The number of nitrogens with one attached hydrogen (secondary N) is 1. The zero-order valence-electron chi connectivity index (χ0n) is 24.2. The van der Waals surface area contributed by atoms with Gasteiger partial charge >= 0.3 is 0 Å². The SMILES string of the molecule is CCN(CC)CCCN(Cc1cccnc1)S(=O)(=O)c1c(F)c(F)c(Nc2ccc(I)cc2)c(C(N)=O)c1OCC1CC1. The van der Waals surface area contributed by atoms with Gasteiger partial charge in [0, 0.05) is 34.7 Å². The first-order chi connectivity index (χ1) is 20.6. The van der Waals surface area contributed by atoms with Gasteiger partial charge in [0.15, 0.2) is 22.3 Å². The first-order valence-corrected chi connectivity index (χ1v) is 16.7. The van der Waals surface area contributed by atoms with E-state index in [0.717, 1.165) is 33.8 Å². The third-order valence-electron chi connectivity index (χ3n) is 7.27. The number of anilines is 2. The van der Waals surface area contributed by atoms with Crippen molar-refractivity contribution < 1.29 is 26.7 Å². The molecule has 0 spiro atoms. The summed E-state index contributed by atoms with van der Waals surface area (Å²) in [5, 5.41) is 2.72. The van der Waals surface area contributed by atoms with Gasteiger partial charge in [-0.2, -0.15) is 4.31 Å². The van der Waals surface area contributed by atoms with Crippen LogP contribution in [0.2, 0.25) is 0 Å². The molecule has 0 atom stereocenters. The number of aromatic nitrogens is 1. The lowest BCUT2D eigenvalue weighted by molar-refractivity contribution is 0.0995. The summed E-state index contributed by atoms with van der Waals surface area (Å²) >= 11 is 2.10. The second-order valence-corrected chi connectivity index (χ2v) is 13.5. The first kappa shape index (κ1) is 33.0. The Balaban J connectivity index is 1.85. The third-order valence-corrected chi connectivity index (χ3v) is 9.86. The van der Waals surface area contributed by atoms with Gasteiger partial charge in [0.2, 0.25) is 10.0 Å². The summed E-state index contributed by atoms with van der Waals surface area (Å²) in [6.07, 6.45) is 5.17. The van der Waals surface area contributed by atoms with Gasteiger partial charge in [-0.1, -0.05) is 19.9 Å². The maximum atomic E-state index is 16.2. The molecule has 3 N–H and O–H groups in total. The standard InChI is InChI=1S/C30H36F2IN5O4S/c1-3-37(4-2)15-6-16-38(18-21-7-5-14-35-17-21)43(40,41)29-26(32)25(31)27(36-23-12-10-22(33)11-13-23)24(30(34)39)28(29)42-19-20-8-9-20/h5,7,10-14,17,20,36H,3-4,6,8-9,15-16,18-19H2,1-2H3,(H2,34,39). The molecule has 2 aromatic carbocycles. The monoisotopic (exact) mass is 727 g/mol. The highest BCUT2D eigenvalue weighted by Crippen LogP contribution is 2.42. The van der Waals surface area contributed by atoms with E-state index in [9.17, 15) is 13.2 Å². The van der Waals surface area contributed by atoms with Crippen LogP contribution in [0.1, 0.15) is 49.0 Å². The van der Waals surface area contributed by atoms with Crippen LogP contribution in [0.25, 0.3) is 0 Å². The summed E-state index contributed by atoms with van der Waals surface area (Å²) < 4.78 is 68.5. The number of benzene rings is 2. The Labute approximate surface area is 265 Å². The number of ether oxygens (including phenoxy) is 1. The molecule has 232 valence electrons. The maximum Gasteiger partial charge on any atom is 0.254 e. The van der Waals surface area contributed by atoms with E-state index in [1.807, 2.05) is 13.8 Å². The topological polar surface area (TPSA) is 118 Å². The van der Waals surface area contributed by atoms with Crippen molar-refractivity contribution in [2.75, 3.05) is 38.1 Å². The average molecular weight is 728 g/mol. The predicted octanol–water partition coefficient (Wildman–Crippen LogP) is 5.52. The number of hydrogen-bond donors (Lipinski definition) is 2. The van der Waals surface area contributed by atoms with E-state index in [0.29, 0.717) is 24.2 Å². The minimum absolute atomic E-state index is 0.00537. The van der Waals surface area contributed by atoms with Gasteiger partial charge in [0.25, 0.3) is 5.91 Å². The molecule has 0 aliphatic heterocycles. The number of halogens is 3. The smallest absolute Gasteiger partial charge is 0.254 e. The normalized spacial score (nSPS) is 13.5. The number of sulfonamides is 1. The van der Waals surface area contributed by atoms with Crippen molar-refractivity contribution in [2.24, 2.45) is 11.7 Å². The minimum Gasteiger partial charge on any atom is -0.491 e. The van der Waals surface area contributed by atoms with Crippen molar-refractivity contribution in [3.8, 4) is 5.75 Å². The third kappa shape index (κ3) is 8.19. The summed E-state index contributed by atoms with van der Waals surface area (Å²) in [4.78, 5) is 18.0. The summed E-state index contributed by atoms with van der Waals surface area (Å²) in [6.45, 7) is 6.06. The quantitative estimate of drug-likeness (QED) is 0.187. The van der Waals surface area contributed by atoms with Gasteiger partial charge in [0.1, 0.15) is 5.56 Å². The van der Waals surface area contributed by atoms with Crippen LogP contribution in [-0.4, -0.2) is 61.3 Å². The highest BCUT2D eigenvalue weighted by molar-refractivity contribution is 14.1. The van der Waals surface area contributed by atoms with E-state index >= 15 is 8.78 Å². The molecule has 1 saturated carbocycles. The second-order valence-electron chi connectivity index (χ2n) is 10.4. The lowest BCUT2D eigenvalue weighted by Crippen LogP contribution is -2.35. The molecule has 1 amide bonds. The number of rotatable bonds is 16. The van der Waals surface area contributed by atoms with Gasteiger partial charge in [-0.3, -0.25) is 9.78 Å². The van der Waals surface area contributed by atoms with Crippen LogP contribution in [0.3, 0.4) is 0 Å². The molecule has 1 aliphatic rings. The largest absolute Gasteiger partial charge is 0.491 e. The molecular weight excluding hydrogens is 691 g/mol. The van der Waals surface area contributed by atoms with Crippen molar-refractivity contribution in [2.45, 2.75) is 44.6 Å². The molecule has 0 radical (unpaired) electrons. The van der Waals surface area contributed by atoms with E-state index in [1.54, 1.807) is 42.6 Å². The average Bonchev–Trinajstić information content (AvgIpc) is 3.82. The van der Waals surface area contributed by atoms with Gasteiger partial charge in [-0.05, 0) is 103 Å². The number of carbonyl (C=O) groups excluding carboxylic acids is 1. The van der Waals surface area contributed by atoms with Crippen LogP contribution >= 0.6 is 22.6 Å². The number of pyridine rings is 1. The summed E-state index contributed by atoms with van der Waals surface area (Å²) in [5.41, 5.74) is 5.47. The zero-order chi connectivity index (χ0) is 31.1. The molecule has 1 aromatic heterocycles. The fraction of sp³-hybridized carbons (Fsp3) is 0.400. The maximum absolute atomic E-state index is 16.2. The lowest BCUT2D eigenvalue weighted by Gasteiger charge is -2.27. The van der Waals surface area contributed by atoms with Crippen molar-refractivity contribution in [3.63, 3.8) is 0 Å². The van der Waals surface area contributed by atoms with Crippen molar-refractivity contribution >= 4 is 49.9 Å². The first-order valence-electron chi connectivity index (χ1n) is 14.2. The molecular formula is C30H36F2IN5O4S. The fourth-order valence-electron chi connectivity index (χ4n) is 4.65. The summed E-state index contributed by atoms with van der Waals surface area (Å²) in [5.74, 6) is -4.84. The Kier molecular flexibility index (Phi) is 11.3. The van der Waals surface area contributed by atoms with Gasteiger partial charge in [0.05, 0.1) is 12.3 Å². The van der Waals surface area contributed by atoms with Crippen LogP contribution < -0.4 is 15.8 Å². The molecule has 4 rings (SSSR count). The number of amides is 1. The highest BCUT2D eigenvalue weighted by Gasteiger charge is 2.39. The molecule has 3 aromatic rings. The van der Waals surface area contributed by atoms with E-state index in [-0.39, 0.29) is 25.6 Å². The number of carbonyl (C=O) groups is 1. The molecule has 43 heavy (non-hydrogen) atoms. The van der Waals surface area contributed by atoms with Gasteiger partial charge in [-0.15, -0.1) is 0 Å². The van der Waals surface area contributed by atoms with E-state index in [4.69, 9.17) is 10.5 Å². The van der Waals surface area contributed by atoms with E-state index in [1.165, 1.54) is 6.20 Å². The van der Waals surface area contributed by atoms with Crippen LogP contribution in [0.4, 0.5) is 20.2 Å². The molecule has 1 aliphatic carbocycles. The molecule has 0 unspecified atom stereocenters. The van der Waals surface area contributed by atoms with Gasteiger partial charge < -0.3 is 20.7 Å². The highest BCUT2D eigenvalue weighted by atomic mass is 127. The minimum atomic E-state index is -4.76. The molecule has 1 heterocycles. The lowest BCUT2D eigenvalue weighted by atomic mass is 10.1. The van der Waals surface area contributed by atoms with E-state index in [2.05, 4.69) is 37.8 Å². The summed E-state index contributed by atoms with van der Waals surface area (Å²) in [7, 11) is -4.76. The van der Waals surface area contributed by atoms with Crippen molar-refractivity contribution in [1.82, 2.24) is 14.2 Å². The van der Waals surface area contributed by atoms with Crippen molar-refractivity contribution in [3.05, 3.63) is 75.1 Å². The molecule has 1 fully saturated rings. The Hall–Kier alpha value is -2.88. The molecule has 9 nitrogen and oxygen atoms in total. The molecule has 0 bridgehead atoms. The fourth-order valence-corrected chi connectivity index (χ4v) is 6.67. The Morgan fingerprint density at radius 3 is 2.40 bits per heavy atom. The molecule has 0 saturated heterocycles. The Morgan fingerprint density at radius 1 is 1.12 bits per heavy atom. The van der Waals surface area contributed by atoms with Crippen LogP contribution in [0.5, 0.6) is 5.75 Å². The number of nitrogens with zero attached hydrogens (tertiary/aromatic N) is 3. The number of primary amides is 1. The van der Waals surface area contributed by atoms with Crippen LogP contribution in [0.15, 0.2) is 53.7 Å².